The molecule has 0 aliphatic carbocycles. The molecule has 1 aliphatic rings. The number of carbonyl (C=O) groups excluding carboxylic acids is 2. The third kappa shape index (κ3) is 2.93. The lowest BCUT2D eigenvalue weighted by Crippen LogP contribution is -2.48. The summed E-state index contributed by atoms with van der Waals surface area (Å²) in [4.78, 5) is 28.6. The van der Waals surface area contributed by atoms with Crippen LogP contribution in [-0.4, -0.2) is 32.6 Å². The van der Waals surface area contributed by atoms with Crippen LogP contribution >= 0.6 is 0 Å². The maximum Gasteiger partial charge on any atom is 0.531 e. The Morgan fingerprint density at radius 1 is 1.19 bits per heavy atom. The van der Waals surface area contributed by atoms with Crippen LogP contribution in [0.1, 0.15) is 10.4 Å². The van der Waals surface area contributed by atoms with Crippen LogP contribution in [0.3, 0.4) is 0 Å². The minimum Gasteiger partial charge on any atom is -0.497 e. The maximum absolute atomic E-state index is 13.0. The zero-order chi connectivity index (χ0) is 19.4. The van der Waals surface area contributed by atoms with E-state index in [0.717, 1.165) is 0 Å². The number of carbonyl (C=O) groups is 2. The number of amides is 1. The van der Waals surface area contributed by atoms with Crippen molar-refractivity contribution in [2.24, 2.45) is 5.11 Å². The van der Waals surface area contributed by atoms with Gasteiger partial charge in [-0.1, -0.05) is 23.3 Å². The van der Waals surface area contributed by atoms with E-state index < -0.39 is 10.6 Å². The number of nitrogens with zero attached hydrogens (tertiary/aromatic N) is 4. The molecule has 0 N–H and O–H groups in total. The minimum atomic E-state index is -0.610. The quantitative estimate of drug-likeness (QED) is 0.345. The molecule has 1 aliphatic heterocycles. The number of hydrogen-bond acceptors (Lipinski definition) is 5. The third-order valence-electron chi connectivity index (χ3n) is 4.40. The first-order valence-corrected chi connectivity index (χ1v) is 8.07. The van der Waals surface area contributed by atoms with E-state index in [1.54, 1.807) is 42.5 Å². The van der Waals surface area contributed by atoms with Crippen molar-refractivity contribution in [2.45, 2.75) is 0 Å². The highest BCUT2D eigenvalue weighted by molar-refractivity contribution is 6.17. The van der Waals surface area contributed by atoms with Gasteiger partial charge in [0.2, 0.25) is 5.78 Å². The fourth-order valence-electron chi connectivity index (χ4n) is 3.15. The summed E-state index contributed by atoms with van der Waals surface area (Å²) in [6.45, 7) is -0.176. The Kier molecular flexibility index (Phi) is 4.94. The molecule has 1 atom stereocenters. The topological polar surface area (TPSA) is 101 Å². The number of Topliss-reactive ketones (excluding diaryl/α,β-unsaturated/α-hetero) is 1. The van der Waals surface area contributed by atoms with Gasteiger partial charge < -0.3 is 9.47 Å². The first-order chi connectivity index (χ1) is 13.1. The Morgan fingerprint density at radius 2 is 1.93 bits per heavy atom. The highest BCUT2D eigenvalue weighted by atomic mass is 16.5. The molecule has 0 fully saturated rings. The Hall–Kier alpha value is -3.61. The molecular weight excluding hydrogens is 348 g/mol. The van der Waals surface area contributed by atoms with Crippen molar-refractivity contribution >= 4 is 23.3 Å². The molecule has 8 nitrogen and oxygen atoms in total. The van der Waals surface area contributed by atoms with E-state index in [-0.39, 0.29) is 17.9 Å². The molecule has 0 saturated carbocycles. The summed E-state index contributed by atoms with van der Waals surface area (Å²) >= 11 is 0. The lowest BCUT2D eigenvalue weighted by molar-refractivity contribution is 0.102. The lowest BCUT2D eigenvalue weighted by atomic mass is 9.95. The molecule has 2 aromatic carbocycles. The van der Waals surface area contributed by atoms with Gasteiger partial charge >= 0.3 is 6.09 Å². The van der Waals surface area contributed by atoms with Crippen LogP contribution in [-0.2, 0) is 4.74 Å². The summed E-state index contributed by atoms with van der Waals surface area (Å²) in [6, 6.07) is 13.8. The highest BCUT2D eigenvalue weighted by Gasteiger charge is 2.49. The van der Waals surface area contributed by atoms with E-state index in [1.807, 2.05) is 6.07 Å². The van der Waals surface area contributed by atoms with E-state index in [0.29, 0.717) is 22.7 Å². The normalized spacial score (nSPS) is 18.0. The van der Waals surface area contributed by atoms with Crippen molar-refractivity contribution in [3.8, 4) is 5.75 Å². The Morgan fingerprint density at radius 3 is 2.56 bits per heavy atom. The van der Waals surface area contributed by atoms with Gasteiger partial charge in [0, 0.05) is 23.1 Å². The van der Waals surface area contributed by atoms with E-state index in [9.17, 15) is 9.59 Å². The first kappa shape index (κ1) is 18.2. The molecule has 1 heterocycles. The molecule has 3 rings (SSSR count). The van der Waals surface area contributed by atoms with Crippen molar-refractivity contribution in [2.75, 3.05) is 20.8 Å². The standard InChI is InChI=1S/C19H17N4O4/c1-26-15-8-9-16-17(10-15)23(19(25)27-2,14-6-4-3-5-7-14)12-13(18(16)24)11-21-22-20/h3-10,12H,11H2,1-2H3/q+1. The van der Waals surface area contributed by atoms with Crippen LogP contribution in [0.2, 0.25) is 0 Å². The molecular formula is C19H17N4O4+. The van der Waals surface area contributed by atoms with Gasteiger partial charge in [0.1, 0.15) is 11.9 Å². The number of quaternary nitrogens is 1. The second-order valence-electron chi connectivity index (χ2n) is 5.78. The average Bonchev–Trinajstić information content (AvgIpc) is 2.73. The average molecular weight is 365 g/mol. The number of fused-ring (bicyclic) bond motifs is 1. The van der Waals surface area contributed by atoms with E-state index in [2.05, 4.69) is 10.0 Å². The summed E-state index contributed by atoms with van der Waals surface area (Å²) in [5.41, 5.74) is 10.2. The molecule has 0 aromatic heterocycles. The molecule has 0 spiro atoms. The molecule has 136 valence electrons. The SMILES string of the molecule is COC(=O)[N+]1(c2ccccc2)C=C(CN=[N+]=[N-])C(=O)c2ccc(OC)cc21. The Labute approximate surface area is 155 Å². The zero-order valence-corrected chi connectivity index (χ0v) is 14.8. The fourth-order valence-corrected chi connectivity index (χ4v) is 3.15. The summed E-state index contributed by atoms with van der Waals surface area (Å²) in [6.07, 6.45) is 0.863. The Balaban J connectivity index is 2.40. The number of rotatable bonds is 4. The number of hydrogen-bond donors (Lipinski definition) is 0. The van der Waals surface area contributed by atoms with Crippen molar-refractivity contribution in [3.63, 3.8) is 0 Å². The molecule has 1 unspecified atom stereocenters. The van der Waals surface area contributed by atoms with Gasteiger partial charge in [0.25, 0.3) is 0 Å². The molecule has 1 amide bonds. The summed E-state index contributed by atoms with van der Waals surface area (Å²) < 4.78 is 9.91. The van der Waals surface area contributed by atoms with Crippen LogP contribution in [0.4, 0.5) is 16.2 Å². The minimum absolute atomic E-state index is 0.176. The molecule has 0 radical (unpaired) electrons. The number of ketones is 1. The number of ether oxygens (including phenoxy) is 2. The molecule has 0 bridgehead atoms. The molecule has 8 heteroatoms. The highest BCUT2D eigenvalue weighted by Crippen LogP contribution is 2.44. The lowest BCUT2D eigenvalue weighted by Gasteiger charge is -2.34. The largest absolute Gasteiger partial charge is 0.531 e. The predicted molar refractivity (Wildman–Crippen MR) is 99.7 cm³/mol. The van der Waals surface area contributed by atoms with Gasteiger partial charge in [0.15, 0.2) is 11.4 Å². The maximum atomic E-state index is 13.0. The van der Waals surface area contributed by atoms with Gasteiger partial charge in [0.05, 0.1) is 31.9 Å². The number of azide groups is 1. The van der Waals surface area contributed by atoms with Crippen LogP contribution in [0.5, 0.6) is 5.75 Å². The monoisotopic (exact) mass is 365 g/mol. The van der Waals surface area contributed by atoms with Crippen LogP contribution < -0.4 is 9.22 Å². The Bertz CT molecular complexity index is 980. The molecule has 2 aromatic rings. The van der Waals surface area contributed by atoms with Crippen molar-refractivity contribution < 1.29 is 19.1 Å². The molecule has 27 heavy (non-hydrogen) atoms. The van der Waals surface area contributed by atoms with Gasteiger partial charge in [-0.3, -0.25) is 4.79 Å². The second kappa shape index (κ2) is 7.33. The van der Waals surface area contributed by atoms with Crippen molar-refractivity contribution in [1.29, 1.82) is 0 Å². The number of methoxy groups -OCH3 is 2. The summed E-state index contributed by atoms with van der Waals surface area (Å²) in [7, 11) is 2.78. The van der Waals surface area contributed by atoms with Gasteiger partial charge in [-0.15, -0.1) is 4.48 Å². The summed E-state index contributed by atoms with van der Waals surface area (Å²) in [5.74, 6) is 0.185. The van der Waals surface area contributed by atoms with E-state index >= 15 is 0 Å². The second-order valence-corrected chi connectivity index (χ2v) is 5.78. The van der Waals surface area contributed by atoms with E-state index in [4.69, 9.17) is 15.0 Å². The van der Waals surface area contributed by atoms with Crippen LogP contribution in [0.15, 0.2) is 65.4 Å². The third-order valence-corrected chi connectivity index (χ3v) is 4.40. The van der Waals surface area contributed by atoms with Crippen LogP contribution in [0.25, 0.3) is 10.4 Å². The zero-order valence-electron chi connectivity index (χ0n) is 14.8. The smallest absolute Gasteiger partial charge is 0.497 e. The fraction of sp³-hybridized carbons (Fsp3) is 0.158. The van der Waals surface area contributed by atoms with Gasteiger partial charge in [-0.2, -0.15) is 4.79 Å². The van der Waals surface area contributed by atoms with Crippen molar-refractivity contribution in [3.05, 3.63) is 76.3 Å². The van der Waals surface area contributed by atoms with Gasteiger partial charge in [-0.05, 0) is 17.7 Å². The molecule has 0 saturated heterocycles. The first-order valence-electron chi connectivity index (χ1n) is 8.07. The van der Waals surface area contributed by atoms with Crippen LogP contribution in [0, 0.1) is 0 Å². The number of benzene rings is 2. The van der Waals surface area contributed by atoms with Crippen molar-refractivity contribution in [1.82, 2.24) is 4.48 Å². The summed E-state index contributed by atoms with van der Waals surface area (Å²) in [5, 5.41) is 3.50. The van der Waals surface area contributed by atoms with E-state index in [1.165, 1.54) is 20.4 Å². The van der Waals surface area contributed by atoms with Gasteiger partial charge in [-0.25, -0.2) is 0 Å². The predicted octanol–water partition coefficient (Wildman–Crippen LogP) is 4.49. The number of para-hydroxylation sites is 1.